The Morgan fingerprint density at radius 3 is 2.39 bits per heavy atom. The molecule has 1 heterocycles. The van der Waals surface area contributed by atoms with Crippen molar-refractivity contribution >= 4 is 35.6 Å². The van der Waals surface area contributed by atoms with Crippen LogP contribution in [0.2, 0.25) is 0 Å². The number of nitrogens with one attached hydrogen (secondary N) is 2. The molecule has 10 heteroatoms. The number of guanidine groups is 1. The zero-order valence-electron chi connectivity index (χ0n) is 18.9. The van der Waals surface area contributed by atoms with Gasteiger partial charge in [0.2, 0.25) is 0 Å². The van der Waals surface area contributed by atoms with E-state index in [1.807, 2.05) is 24.3 Å². The molecule has 0 atom stereocenters. The fourth-order valence-corrected chi connectivity index (χ4v) is 3.33. The maximum Gasteiger partial charge on any atom is 0.269 e. The fourth-order valence-electron chi connectivity index (χ4n) is 3.33. The Kier molecular flexibility index (Phi) is 11.9. The number of aliphatic imine (C=N–C) groups is 1. The van der Waals surface area contributed by atoms with E-state index in [-0.39, 0.29) is 29.7 Å². The predicted octanol–water partition coefficient (Wildman–Crippen LogP) is 3.18. The highest BCUT2D eigenvalue weighted by Gasteiger charge is 2.09. The first kappa shape index (κ1) is 26.8. The summed E-state index contributed by atoms with van der Waals surface area (Å²) in [6.45, 7) is 6.45. The Hall–Kier alpha value is -2.44. The summed E-state index contributed by atoms with van der Waals surface area (Å²) in [7, 11) is 1.65. The first-order valence-corrected chi connectivity index (χ1v) is 10.8. The van der Waals surface area contributed by atoms with E-state index < -0.39 is 4.92 Å². The topological polar surface area (TPSA) is 101 Å². The van der Waals surface area contributed by atoms with Gasteiger partial charge in [0.15, 0.2) is 5.96 Å². The average molecular weight is 569 g/mol. The number of halogens is 1. The summed E-state index contributed by atoms with van der Waals surface area (Å²) in [5, 5.41) is 17.6. The Balaban J connectivity index is 0.00000385. The quantitative estimate of drug-likeness (QED) is 0.113. The molecule has 3 rings (SSSR count). The molecule has 2 aromatic carbocycles. The monoisotopic (exact) mass is 569 g/mol. The molecule has 2 aromatic rings. The predicted molar refractivity (Wildman–Crippen MR) is 139 cm³/mol. The number of nitro groups is 1. The lowest BCUT2D eigenvalue weighted by atomic mass is 10.2. The van der Waals surface area contributed by atoms with E-state index in [2.05, 4.69) is 15.5 Å². The number of hydrogen-bond donors (Lipinski definition) is 2. The fraction of sp³-hybridized carbons (Fsp3) is 0.435. The molecule has 0 aliphatic carbocycles. The van der Waals surface area contributed by atoms with E-state index >= 15 is 0 Å². The first-order valence-electron chi connectivity index (χ1n) is 10.8. The molecule has 0 aromatic heterocycles. The molecule has 0 saturated carbocycles. The van der Waals surface area contributed by atoms with Crippen LogP contribution in [0.1, 0.15) is 17.5 Å². The summed E-state index contributed by atoms with van der Waals surface area (Å²) in [5.41, 5.74) is 2.11. The molecule has 33 heavy (non-hydrogen) atoms. The van der Waals surface area contributed by atoms with Crippen LogP contribution < -0.4 is 15.4 Å². The Labute approximate surface area is 211 Å². The van der Waals surface area contributed by atoms with E-state index in [9.17, 15) is 10.1 Å². The number of rotatable bonds is 10. The van der Waals surface area contributed by atoms with E-state index in [0.29, 0.717) is 19.0 Å². The highest BCUT2D eigenvalue weighted by atomic mass is 127. The molecular weight excluding hydrogens is 537 g/mol. The van der Waals surface area contributed by atoms with Gasteiger partial charge in [-0.25, -0.2) is 4.99 Å². The van der Waals surface area contributed by atoms with Gasteiger partial charge in [-0.15, -0.1) is 24.0 Å². The molecule has 0 bridgehead atoms. The Morgan fingerprint density at radius 1 is 1.09 bits per heavy atom. The van der Waals surface area contributed by atoms with E-state index in [0.717, 1.165) is 62.7 Å². The third-order valence-corrected chi connectivity index (χ3v) is 5.23. The Morgan fingerprint density at radius 2 is 1.76 bits per heavy atom. The highest BCUT2D eigenvalue weighted by molar-refractivity contribution is 14.0. The minimum atomic E-state index is -0.394. The molecule has 0 radical (unpaired) electrons. The van der Waals surface area contributed by atoms with E-state index in [1.165, 1.54) is 12.1 Å². The number of nitrogens with zero attached hydrogens (tertiary/aromatic N) is 3. The minimum absolute atomic E-state index is 0. The Bertz CT molecular complexity index is 871. The number of ether oxygens (including phenoxy) is 2. The maximum atomic E-state index is 10.8. The molecule has 0 unspecified atom stereocenters. The second kappa shape index (κ2) is 14.7. The van der Waals surface area contributed by atoms with Crippen molar-refractivity contribution in [1.82, 2.24) is 15.5 Å². The van der Waals surface area contributed by atoms with Gasteiger partial charge in [-0.3, -0.25) is 15.0 Å². The van der Waals surface area contributed by atoms with Gasteiger partial charge < -0.3 is 20.1 Å². The van der Waals surface area contributed by atoms with Crippen LogP contribution in [0.25, 0.3) is 0 Å². The van der Waals surface area contributed by atoms with Gasteiger partial charge in [0.25, 0.3) is 5.69 Å². The van der Waals surface area contributed by atoms with Crippen molar-refractivity contribution in [2.75, 3.05) is 46.5 Å². The van der Waals surface area contributed by atoms with Crippen LogP contribution >= 0.6 is 24.0 Å². The van der Waals surface area contributed by atoms with Gasteiger partial charge in [0, 0.05) is 38.3 Å². The van der Waals surface area contributed by atoms with Crippen LogP contribution in [-0.4, -0.2) is 62.3 Å². The lowest BCUT2D eigenvalue weighted by Crippen LogP contribution is -2.40. The third-order valence-electron chi connectivity index (χ3n) is 5.23. The molecule has 1 saturated heterocycles. The molecule has 9 nitrogen and oxygen atoms in total. The molecule has 0 spiro atoms. The smallest absolute Gasteiger partial charge is 0.269 e. The van der Waals surface area contributed by atoms with Gasteiger partial charge in [0.1, 0.15) is 5.75 Å². The number of nitro benzene ring substituents is 1. The third kappa shape index (κ3) is 9.52. The van der Waals surface area contributed by atoms with E-state index in [1.54, 1.807) is 19.2 Å². The van der Waals surface area contributed by atoms with Crippen LogP contribution in [0.4, 0.5) is 5.69 Å². The van der Waals surface area contributed by atoms with Gasteiger partial charge in [0.05, 0.1) is 31.8 Å². The van der Waals surface area contributed by atoms with Crippen molar-refractivity contribution in [2.24, 2.45) is 4.99 Å². The largest absolute Gasteiger partial charge is 0.497 e. The second-order valence-electron chi connectivity index (χ2n) is 7.52. The standard InChI is InChI=1S/C23H31N5O4.HI/c1-31-22-9-5-20(6-10-22)18-26-23(24-11-2-12-27-13-15-32-16-14-27)25-17-19-3-7-21(8-4-19)28(29)30;/h3-10H,2,11-18H2,1H3,(H2,24,25,26);1H. The number of methoxy groups -OCH3 is 1. The van der Waals surface area contributed by atoms with Crippen LogP contribution in [-0.2, 0) is 17.8 Å². The van der Waals surface area contributed by atoms with E-state index in [4.69, 9.17) is 14.5 Å². The lowest BCUT2D eigenvalue weighted by Gasteiger charge is -2.26. The van der Waals surface area contributed by atoms with Crippen molar-refractivity contribution in [3.05, 3.63) is 69.8 Å². The van der Waals surface area contributed by atoms with Crippen LogP contribution in [0, 0.1) is 10.1 Å². The summed E-state index contributed by atoms with van der Waals surface area (Å²) in [4.78, 5) is 17.6. The van der Waals surface area contributed by atoms with Gasteiger partial charge in [-0.1, -0.05) is 24.3 Å². The van der Waals surface area contributed by atoms with Gasteiger partial charge in [-0.05, 0) is 36.2 Å². The molecule has 1 fully saturated rings. The van der Waals surface area contributed by atoms with Gasteiger partial charge >= 0.3 is 0 Å². The lowest BCUT2D eigenvalue weighted by molar-refractivity contribution is -0.384. The number of non-ortho nitro benzene ring substituents is 1. The highest BCUT2D eigenvalue weighted by Crippen LogP contribution is 2.13. The normalized spacial score (nSPS) is 14.3. The maximum absolute atomic E-state index is 10.8. The van der Waals surface area contributed by atoms with Gasteiger partial charge in [-0.2, -0.15) is 0 Å². The molecule has 1 aliphatic heterocycles. The van der Waals surface area contributed by atoms with Crippen LogP contribution in [0.3, 0.4) is 0 Å². The number of hydrogen-bond acceptors (Lipinski definition) is 6. The summed E-state index contributed by atoms with van der Waals surface area (Å²) in [6.07, 6.45) is 1.00. The molecular formula is C23H32IN5O4. The zero-order chi connectivity index (χ0) is 22.6. The zero-order valence-corrected chi connectivity index (χ0v) is 21.2. The molecule has 0 amide bonds. The first-order chi connectivity index (χ1) is 15.6. The molecule has 1 aliphatic rings. The van der Waals surface area contributed by atoms with Crippen molar-refractivity contribution in [1.29, 1.82) is 0 Å². The van der Waals surface area contributed by atoms with Crippen LogP contribution in [0.15, 0.2) is 53.5 Å². The summed E-state index contributed by atoms with van der Waals surface area (Å²) in [5.74, 6) is 1.52. The summed E-state index contributed by atoms with van der Waals surface area (Å²) < 4.78 is 10.6. The summed E-state index contributed by atoms with van der Waals surface area (Å²) >= 11 is 0. The van der Waals surface area contributed by atoms with Crippen LogP contribution in [0.5, 0.6) is 5.75 Å². The van der Waals surface area contributed by atoms with Crippen molar-refractivity contribution < 1.29 is 14.4 Å². The molecule has 2 N–H and O–H groups in total. The van der Waals surface area contributed by atoms with Crippen molar-refractivity contribution in [2.45, 2.75) is 19.5 Å². The summed E-state index contributed by atoms with van der Waals surface area (Å²) in [6, 6.07) is 14.4. The number of morpholine rings is 1. The van der Waals surface area contributed by atoms with Crippen molar-refractivity contribution in [3.8, 4) is 5.75 Å². The van der Waals surface area contributed by atoms with Crippen molar-refractivity contribution in [3.63, 3.8) is 0 Å². The second-order valence-corrected chi connectivity index (χ2v) is 7.52. The minimum Gasteiger partial charge on any atom is -0.497 e. The average Bonchev–Trinajstić information content (AvgIpc) is 2.84. The molecule has 180 valence electrons. The number of benzene rings is 2. The SMILES string of the molecule is COc1ccc(CN=C(NCCCN2CCOCC2)NCc2ccc([N+](=O)[O-])cc2)cc1.I.